The molecule has 126 valence electrons. The standard InChI is InChI=1S/C14H13F3O5S/c1-10(13(18)22-9-14(15,16)17)7-12(23(19,20)21)8-11-5-3-2-4-6-11/h2-8H,9H2,1H3,(H,19,20,21). The molecule has 0 radical (unpaired) electrons. The van der Waals surface area contributed by atoms with Gasteiger partial charge in [-0.2, -0.15) is 21.6 Å². The van der Waals surface area contributed by atoms with Crippen LogP contribution in [0.4, 0.5) is 13.2 Å². The molecule has 1 rings (SSSR count). The van der Waals surface area contributed by atoms with Crippen LogP contribution in [0.2, 0.25) is 0 Å². The van der Waals surface area contributed by atoms with Crippen molar-refractivity contribution >= 4 is 22.2 Å². The molecular formula is C14H13F3O5S. The van der Waals surface area contributed by atoms with Gasteiger partial charge in [-0.15, -0.1) is 0 Å². The van der Waals surface area contributed by atoms with Crippen molar-refractivity contribution < 1.29 is 35.7 Å². The number of benzene rings is 1. The summed E-state index contributed by atoms with van der Waals surface area (Å²) < 4.78 is 71.7. The highest BCUT2D eigenvalue weighted by atomic mass is 32.2. The zero-order chi connectivity index (χ0) is 17.7. The normalized spacial score (nSPS) is 13.8. The highest BCUT2D eigenvalue weighted by Gasteiger charge is 2.30. The smallest absolute Gasteiger partial charge is 0.422 e. The fourth-order valence-corrected chi connectivity index (χ4v) is 2.05. The van der Waals surface area contributed by atoms with E-state index in [1.165, 1.54) is 12.1 Å². The first-order valence-electron chi connectivity index (χ1n) is 6.15. The lowest BCUT2D eigenvalue weighted by molar-refractivity contribution is -0.183. The average Bonchev–Trinajstić information content (AvgIpc) is 2.43. The Balaban J connectivity index is 3.06. The van der Waals surface area contributed by atoms with Gasteiger partial charge in [0.1, 0.15) is 0 Å². The van der Waals surface area contributed by atoms with Gasteiger partial charge in [-0.05, 0) is 24.6 Å². The summed E-state index contributed by atoms with van der Waals surface area (Å²) >= 11 is 0. The van der Waals surface area contributed by atoms with Crippen molar-refractivity contribution in [2.75, 3.05) is 6.61 Å². The molecule has 0 spiro atoms. The van der Waals surface area contributed by atoms with E-state index in [0.717, 1.165) is 19.1 Å². The molecule has 5 nitrogen and oxygen atoms in total. The molecule has 0 aromatic heterocycles. The summed E-state index contributed by atoms with van der Waals surface area (Å²) in [6, 6.07) is 7.98. The van der Waals surface area contributed by atoms with E-state index >= 15 is 0 Å². The Labute approximate surface area is 130 Å². The Morgan fingerprint density at radius 3 is 2.30 bits per heavy atom. The van der Waals surface area contributed by atoms with Gasteiger partial charge in [-0.3, -0.25) is 4.55 Å². The Hall–Kier alpha value is -2.13. The zero-order valence-corrected chi connectivity index (χ0v) is 12.7. The number of rotatable bonds is 5. The van der Waals surface area contributed by atoms with Gasteiger partial charge in [0.2, 0.25) is 0 Å². The summed E-state index contributed by atoms with van der Waals surface area (Å²) in [5, 5.41) is 0. The third-order valence-corrected chi connectivity index (χ3v) is 3.29. The van der Waals surface area contributed by atoms with Crippen LogP contribution in [0.15, 0.2) is 46.9 Å². The van der Waals surface area contributed by atoms with E-state index in [1.54, 1.807) is 18.2 Å². The molecule has 0 heterocycles. The van der Waals surface area contributed by atoms with E-state index in [2.05, 4.69) is 4.74 Å². The SMILES string of the molecule is CC(=CC(=Cc1ccccc1)S(=O)(=O)O)C(=O)OCC(F)(F)F. The maximum Gasteiger partial charge on any atom is 0.422 e. The minimum atomic E-state index is -4.69. The van der Waals surface area contributed by atoms with Gasteiger partial charge in [0.05, 0.1) is 4.91 Å². The van der Waals surface area contributed by atoms with E-state index in [1.807, 2.05) is 0 Å². The van der Waals surface area contributed by atoms with Gasteiger partial charge in [-0.1, -0.05) is 30.3 Å². The van der Waals surface area contributed by atoms with Crippen LogP contribution in [0.25, 0.3) is 6.08 Å². The molecule has 0 saturated carbocycles. The van der Waals surface area contributed by atoms with E-state index in [-0.39, 0.29) is 0 Å². The molecule has 0 saturated heterocycles. The molecule has 9 heteroatoms. The largest absolute Gasteiger partial charge is 0.453 e. The van der Waals surface area contributed by atoms with Gasteiger partial charge in [-0.25, -0.2) is 4.79 Å². The van der Waals surface area contributed by atoms with E-state index in [9.17, 15) is 26.4 Å². The molecular weight excluding hydrogens is 337 g/mol. The first-order valence-corrected chi connectivity index (χ1v) is 7.59. The van der Waals surface area contributed by atoms with Crippen LogP contribution in [0, 0.1) is 0 Å². The molecule has 0 aliphatic carbocycles. The second kappa shape index (κ2) is 7.42. The van der Waals surface area contributed by atoms with Gasteiger partial charge >= 0.3 is 12.1 Å². The quantitative estimate of drug-likeness (QED) is 0.382. The van der Waals surface area contributed by atoms with Crippen LogP contribution in [0.1, 0.15) is 12.5 Å². The summed E-state index contributed by atoms with van der Waals surface area (Å²) in [5.74, 6) is -1.34. The Kier molecular flexibility index (Phi) is 6.11. The van der Waals surface area contributed by atoms with Gasteiger partial charge in [0.15, 0.2) is 6.61 Å². The first-order chi connectivity index (χ1) is 10.5. The predicted octanol–water partition coefficient (Wildman–Crippen LogP) is 2.97. The lowest BCUT2D eigenvalue weighted by Gasteiger charge is -2.08. The number of hydrogen-bond donors (Lipinski definition) is 1. The molecule has 1 aromatic rings. The number of allylic oxidation sites excluding steroid dienone is 1. The Morgan fingerprint density at radius 1 is 1.26 bits per heavy atom. The van der Waals surface area contributed by atoms with E-state index in [0.29, 0.717) is 5.56 Å². The second-order valence-electron chi connectivity index (χ2n) is 4.45. The summed E-state index contributed by atoms with van der Waals surface area (Å²) in [6.07, 6.45) is -2.89. The number of carbonyl (C=O) groups excluding carboxylic acids is 1. The zero-order valence-electron chi connectivity index (χ0n) is 11.9. The maximum absolute atomic E-state index is 12.0. The lowest BCUT2D eigenvalue weighted by atomic mass is 10.2. The van der Waals surface area contributed by atoms with Crippen LogP contribution in [0.5, 0.6) is 0 Å². The topological polar surface area (TPSA) is 80.7 Å². The minimum Gasteiger partial charge on any atom is -0.453 e. The van der Waals surface area contributed by atoms with Crippen LogP contribution >= 0.6 is 0 Å². The fraction of sp³-hybridized carbons (Fsp3) is 0.214. The molecule has 0 amide bonds. The summed E-state index contributed by atoms with van der Waals surface area (Å²) in [6.45, 7) is -0.719. The van der Waals surface area contributed by atoms with Gasteiger partial charge in [0.25, 0.3) is 10.1 Å². The van der Waals surface area contributed by atoms with Crippen molar-refractivity contribution in [1.82, 2.24) is 0 Å². The number of ether oxygens (including phenoxy) is 1. The lowest BCUT2D eigenvalue weighted by Crippen LogP contribution is -2.20. The van der Waals surface area contributed by atoms with Crippen molar-refractivity contribution in [2.24, 2.45) is 0 Å². The van der Waals surface area contributed by atoms with Crippen LogP contribution in [-0.4, -0.2) is 31.7 Å². The number of alkyl halides is 3. The highest BCUT2D eigenvalue weighted by Crippen LogP contribution is 2.18. The average molecular weight is 350 g/mol. The monoisotopic (exact) mass is 350 g/mol. The third kappa shape index (κ3) is 7.11. The molecule has 0 atom stereocenters. The summed E-state index contributed by atoms with van der Waals surface area (Å²) in [5.41, 5.74) is 0.00175. The van der Waals surface area contributed by atoms with Crippen molar-refractivity contribution in [3.63, 3.8) is 0 Å². The molecule has 0 aliphatic rings. The summed E-state index contributed by atoms with van der Waals surface area (Å²) in [4.78, 5) is 10.8. The molecule has 0 fully saturated rings. The molecule has 0 bridgehead atoms. The summed E-state index contributed by atoms with van der Waals surface area (Å²) in [7, 11) is -4.68. The van der Waals surface area contributed by atoms with Gasteiger partial charge in [0, 0.05) is 5.57 Å². The van der Waals surface area contributed by atoms with Crippen molar-refractivity contribution in [3.8, 4) is 0 Å². The minimum absolute atomic E-state index is 0.408. The molecule has 1 N–H and O–H groups in total. The van der Waals surface area contributed by atoms with E-state index in [4.69, 9.17) is 4.55 Å². The second-order valence-corrected chi connectivity index (χ2v) is 5.87. The predicted molar refractivity (Wildman–Crippen MR) is 76.7 cm³/mol. The number of hydrogen-bond acceptors (Lipinski definition) is 4. The van der Waals surface area contributed by atoms with Crippen molar-refractivity contribution in [1.29, 1.82) is 0 Å². The molecule has 0 aliphatic heterocycles. The maximum atomic E-state index is 12.0. The Morgan fingerprint density at radius 2 is 1.83 bits per heavy atom. The Bertz CT molecular complexity index is 719. The number of carbonyl (C=O) groups is 1. The highest BCUT2D eigenvalue weighted by molar-refractivity contribution is 7.90. The number of halogens is 3. The van der Waals surface area contributed by atoms with Crippen molar-refractivity contribution in [2.45, 2.75) is 13.1 Å². The number of esters is 1. The molecule has 0 unspecified atom stereocenters. The van der Waals surface area contributed by atoms with Crippen LogP contribution in [-0.2, 0) is 19.6 Å². The molecule has 1 aromatic carbocycles. The first kappa shape index (κ1) is 18.9. The third-order valence-electron chi connectivity index (χ3n) is 2.45. The van der Waals surface area contributed by atoms with Crippen LogP contribution in [0.3, 0.4) is 0 Å². The van der Waals surface area contributed by atoms with Crippen molar-refractivity contribution in [3.05, 3.63) is 52.4 Å². The molecule has 23 heavy (non-hydrogen) atoms. The van der Waals surface area contributed by atoms with Crippen LogP contribution < -0.4 is 0 Å². The fourth-order valence-electron chi connectivity index (χ4n) is 1.44. The van der Waals surface area contributed by atoms with Gasteiger partial charge < -0.3 is 4.74 Å². The van der Waals surface area contributed by atoms with E-state index < -0.39 is 39.3 Å².